The van der Waals surface area contributed by atoms with E-state index in [0.29, 0.717) is 11.1 Å². The van der Waals surface area contributed by atoms with Crippen LogP contribution in [0, 0.1) is 6.92 Å². The number of rotatable bonds is 2. The van der Waals surface area contributed by atoms with Crippen LogP contribution in [-0.4, -0.2) is 30.7 Å². The number of aryl methyl sites for hydroxylation is 1. The highest BCUT2D eigenvalue weighted by atomic mass is 32.2. The van der Waals surface area contributed by atoms with Gasteiger partial charge in [-0.3, -0.25) is 4.98 Å². The highest BCUT2D eigenvalue weighted by Crippen LogP contribution is 2.25. The molecule has 0 bridgehead atoms. The zero-order valence-electron chi connectivity index (χ0n) is 9.84. The van der Waals surface area contributed by atoms with Gasteiger partial charge in [-0.1, -0.05) is 6.07 Å². The second-order valence-corrected chi connectivity index (χ2v) is 6.02. The van der Waals surface area contributed by atoms with E-state index in [2.05, 4.69) is 4.98 Å². The van der Waals surface area contributed by atoms with Crippen LogP contribution in [0.4, 0.5) is 0 Å². The number of benzene rings is 1. The molecule has 0 aliphatic rings. The van der Waals surface area contributed by atoms with Gasteiger partial charge < -0.3 is 5.11 Å². The molecule has 1 heterocycles. The predicted molar refractivity (Wildman–Crippen MR) is 66.5 cm³/mol. The third-order valence-electron chi connectivity index (χ3n) is 2.59. The normalized spacial score (nSPS) is 11.7. The van der Waals surface area contributed by atoms with Gasteiger partial charge in [-0.05, 0) is 25.1 Å². The average molecular weight is 265 g/mol. The summed E-state index contributed by atoms with van der Waals surface area (Å²) in [6, 6.07) is 5.81. The molecule has 0 aliphatic heterocycles. The van der Waals surface area contributed by atoms with Crippen molar-refractivity contribution in [2.75, 3.05) is 6.26 Å². The molecule has 0 saturated carbocycles. The van der Waals surface area contributed by atoms with E-state index in [9.17, 15) is 13.2 Å². The number of carbonyl (C=O) groups is 1. The number of nitrogens with zero attached hydrogens (tertiary/aromatic N) is 1. The second-order valence-electron chi connectivity index (χ2n) is 4.04. The van der Waals surface area contributed by atoms with E-state index in [1.54, 1.807) is 19.1 Å². The molecule has 0 aliphatic carbocycles. The summed E-state index contributed by atoms with van der Waals surface area (Å²) >= 11 is 0. The van der Waals surface area contributed by atoms with E-state index < -0.39 is 15.8 Å². The van der Waals surface area contributed by atoms with Crippen molar-refractivity contribution in [2.24, 2.45) is 0 Å². The summed E-state index contributed by atoms with van der Waals surface area (Å²) in [5.74, 6) is -1.11. The van der Waals surface area contributed by atoms with Gasteiger partial charge in [-0.25, -0.2) is 13.2 Å². The molecule has 0 amide bonds. The lowest BCUT2D eigenvalue weighted by Crippen LogP contribution is -2.04. The van der Waals surface area contributed by atoms with Crippen molar-refractivity contribution < 1.29 is 18.3 Å². The van der Waals surface area contributed by atoms with Crippen LogP contribution in [0.1, 0.15) is 16.1 Å². The van der Waals surface area contributed by atoms with Gasteiger partial charge in [0.2, 0.25) is 0 Å². The third kappa shape index (κ3) is 2.06. The Balaban J connectivity index is 2.98. The fourth-order valence-electron chi connectivity index (χ4n) is 1.78. The molecule has 1 N–H and O–H groups in total. The van der Waals surface area contributed by atoms with Gasteiger partial charge in [0.25, 0.3) is 0 Å². The summed E-state index contributed by atoms with van der Waals surface area (Å²) < 4.78 is 23.3. The zero-order chi connectivity index (χ0) is 13.5. The van der Waals surface area contributed by atoms with Gasteiger partial charge in [0.05, 0.1) is 16.0 Å². The lowest BCUT2D eigenvalue weighted by atomic mass is 10.1. The predicted octanol–water partition coefficient (Wildman–Crippen LogP) is 1.64. The minimum absolute atomic E-state index is 0.0462. The minimum Gasteiger partial charge on any atom is -0.478 e. The molecule has 6 heteroatoms. The Labute approximate surface area is 104 Å². The van der Waals surface area contributed by atoms with E-state index in [4.69, 9.17) is 5.11 Å². The number of aromatic carboxylic acids is 1. The standard InChI is InChI=1S/C12H11NO4S/c1-7-3-4-8-9(12(14)15)5-6-10(11(8)13-7)18(2,16)17/h3-6H,1-2H3,(H,14,15). The van der Waals surface area contributed by atoms with Gasteiger partial charge in [-0.15, -0.1) is 0 Å². The summed E-state index contributed by atoms with van der Waals surface area (Å²) in [6.07, 6.45) is 1.08. The summed E-state index contributed by atoms with van der Waals surface area (Å²) in [6.45, 7) is 1.72. The Hall–Kier alpha value is -1.95. The molecule has 0 atom stereocenters. The van der Waals surface area contributed by atoms with Gasteiger partial charge in [0.15, 0.2) is 9.84 Å². The van der Waals surface area contributed by atoms with Gasteiger partial charge in [0, 0.05) is 17.3 Å². The van der Waals surface area contributed by atoms with Crippen LogP contribution in [-0.2, 0) is 9.84 Å². The van der Waals surface area contributed by atoms with Crippen molar-refractivity contribution in [1.82, 2.24) is 4.98 Å². The summed E-state index contributed by atoms with van der Waals surface area (Å²) in [7, 11) is -3.44. The van der Waals surface area contributed by atoms with Gasteiger partial charge in [0.1, 0.15) is 0 Å². The lowest BCUT2D eigenvalue weighted by molar-refractivity contribution is 0.0699. The molecule has 2 rings (SSSR count). The van der Waals surface area contributed by atoms with Crippen molar-refractivity contribution >= 4 is 26.7 Å². The van der Waals surface area contributed by atoms with Crippen molar-refractivity contribution in [3.05, 3.63) is 35.5 Å². The van der Waals surface area contributed by atoms with Gasteiger partial charge >= 0.3 is 5.97 Å². The first kappa shape index (κ1) is 12.5. The number of sulfone groups is 1. The average Bonchev–Trinajstić information content (AvgIpc) is 2.25. The fourth-order valence-corrected chi connectivity index (χ4v) is 2.60. The molecule has 2 aromatic rings. The molecule has 0 radical (unpaired) electrons. The third-order valence-corrected chi connectivity index (χ3v) is 3.72. The van der Waals surface area contributed by atoms with E-state index >= 15 is 0 Å². The maximum atomic E-state index is 11.7. The number of pyridine rings is 1. The topological polar surface area (TPSA) is 84.3 Å². The fraction of sp³-hybridized carbons (Fsp3) is 0.167. The first-order valence-electron chi connectivity index (χ1n) is 5.14. The molecule has 0 spiro atoms. The van der Waals surface area contributed by atoms with Crippen molar-refractivity contribution in [1.29, 1.82) is 0 Å². The monoisotopic (exact) mass is 265 g/mol. The smallest absolute Gasteiger partial charge is 0.336 e. The summed E-state index contributed by atoms with van der Waals surface area (Å²) in [5.41, 5.74) is 0.886. The number of carboxylic acids is 1. The highest BCUT2D eigenvalue weighted by Gasteiger charge is 2.17. The van der Waals surface area contributed by atoms with Crippen LogP contribution < -0.4 is 0 Å². The number of fused-ring (bicyclic) bond motifs is 1. The number of carboxylic acid groups (broad SMARTS) is 1. The molecular weight excluding hydrogens is 254 g/mol. The molecular formula is C12H11NO4S. The molecule has 0 saturated heterocycles. The lowest BCUT2D eigenvalue weighted by Gasteiger charge is -2.07. The largest absolute Gasteiger partial charge is 0.478 e. The Morgan fingerprint density at radius 1 is 1.22 bits per heavy atom. The summed E-state index contributed by atoms with van der Waals surface area (Å²) in [5, 5.41) is 9.40. The molecule has 1 aromatic carbocycles. The summed E-state index contributed by atoms with van der Waals surface area (Å²) in [4.78, 5) is 15.3. The van der Waals surface area contributed by atoms with E-state index in [0.717, 1.165) is 6.26 Å². The van der Waals surface area contributed by atoms with E-state index in [1.165, 1.54) is 12.1 Å². The van der Waals surface area contributed by atoms with Crippen LogP contribution >= 0.6 is 0 Å². The van der Waals surface area contributed by atoms with Crippen molar-refractivity contribution in [2.45, 2.75) is 11.8 Å². The maximum Gasteiger partial charge on any atom is 0.336 e. The number of aromatic nitrogens is 1. The Morgan fingerprint density at radius 2 is 1.89 bits per heavy atom. The number of hydrogen-bond donors (Lipinski definition) is 1. The van der Waals surface area contributed by atoms with Crippen molar-refractivity contribution in [3.8, 4) is 0 Å². The molecule has 18 heavy (non-hydrogen) atoms. The molecule has 0 unspecified atom stereocenters. The molecule has 0 fully saturated rings. The molecule has 1 aromatic heterocycles. The van der Waals surface area contributed by atoms with E-state index in [-0.39, 0.29) is 16.0 Å². The van der Waals surface area contributed by atoms with Crippen LogP contribution in [0.5, 0.6) is 0 Å². The minimum atomic E-state index is -3.44. The Morgan fingerprint density at radius 3 is 2.44 bits per heavy atom. The second kappa shape index (κ2) is 4.06. The molecule has 94 valence electrons. The van der Waals surface area contributed by atoms with E-state index in [1.807, 2.05) is 0 Å². The van der Waals surface area contributed by atoms with Crippen LogP contribution in [0.15, 0.2) is 29.2 Å². The van der Waals surface area contributed by atoms with Gasteiger partial charge in [-0.2, -0.15) is 0 Å². The quantitative estimate of drug-likeness (QED) is 0.892. The number of hydrogen-bond acceptors (Lipinski definition) is 4. The Kier molecular flexibility index (Phi) is 2.82. The first-order valence-corrected chi connectivity index (χ1v) is 7.03. The maximum absolute atomic E-state index is 11.7. The molecule has 5 nitrogen and oxygen atoms in total. The van der Waals surface area contributed by atoms with Crippen LogP contribution in [0.3, 0.4) is 0 Å². The Bertz CT molecular complexity index is 750. The SMILES string of the molecule is Cc1ccc2c(C(=O)O)ccc(S(C)(=O)=O)c2n1. The van der Waals surface area contributed by atoms with Crippen LogP contribution in [0.25, 0.3) is 10.9 Å². The zero-order valence-corrected chi connectivity index (χ0v) is 10.7. The van der Waals surface area contributed by atoms with Crippen molar-refractivity contribution in [3.63, 3.8) is 0 Å². The highest BCUT2D eigenvalue weighted by molar-refractivity contribution is 7.91. The first-order chi connectivity index (χ1) is 8.30. The van der Waals surface area contributed by atoms with Crippen LogP contribution in [0.2, 0.25) is 0 Å².